The van der Waals surface area contributed by atoms with Crippen molar-refractivity contribution in [1.82, 2.24) is 0 Å². The molecule has 1 rings (SSSR count). The summed E-state index contributed by atoms with van der Waals surface area (Å²) in [6.07, 6.45) is 0.818. The molecule has 0 spiro atoms. The zero-order chi connectivity index (χ0) is 10.2. The molecule has 0 radical (unpaired) electrons. The van der Waals surface area contributed by atoms with Gasteiger partial charge in [0, 0.05) is 24.4 Å². The van der Waals surface area contributed by atoms with Crippen molar-refractivity contribution in [3.05, 3.63) is 47.0 Å². The predicted molar refractivity (Wildman–Crippen MR) is 63.9 cm³/mol. The molecule has 0 saturated carbocycles. The van der Waals surface area contributed by atoms with E-state index in [2.05, 4.69) is 12.1 Å². The van der Waals surface area contributed by atoms with Crippen LogP contribution in [0.2, 0.25) is 0 Å². The van der Waals surface area contributed by atoms with Gasteiger partial charge < -0.3 is 11.5 Å². The summed E-state index contributed by atoms with van der Waals surface area (Å²) >= 11 is 1.67. The third kappa shape index (κ3) is 4.35. The van der Waals surface area contributed by atoms with Crippen LogP contribution in [0, 0.1) is 0 Å². The minimum absolute atomic E-state index is 0.694. The molecule has 3 heteroatoms. The summed E-state index contributed by atoms with van der Waals surface area (Å²) in [5, 5.41) is 1.99. The Balaban J connectivity index is 2.40. The highest BCUT2D eigenvalue weighted by Gasteiger charge is 1.93. The molecule has 0 aliphatic heterocycles. The van der Waals surface area contributed by atoms with Crippen molar-refractivity contribution in [1.29, 1.82) is 0 Å². The van der Waals surface area contributed by atoms with Crippen molar-refractivity contribution in [3.8, 4) is 0 Å². The fraction of sp³-hybridized carbons (Fsp3) is 0.273. The number of allylic oxidation sites excluding steroid dienone is 1. The van der Waals surface area contributed by atoms with Gasteiger partial charge in [-0.25, -0.2) is 0 Å². The van der Waals surface area contributed by atoms with Crippen LogP contribution in [0.4, 0.5) is 0 Å². The van der Waals surface area contributed by atoms with Crippen LogP contribution in [0.3, 0.4) is 0 Å². The second-order valence-electron chi connectivity index (χ2n) is 3.01. The molecule has 0 bridgehead atoms. The third-order valence-corrected chi connectivity index (χ3v) is 2.66. The molecule has 0 aromatic heterocycles. The van der Waals surface area contributed by atoms with Crippen molar-refractivity contribution in [2.75, 3.05) is 12.3 Å². The van der Waals surface area contributed by atoms with E-state index in [1.165, 1.54) is 5.56 Å². The Labute approximate surface area is 89.4 Å². The first-order valence-electron chi connectivity index (χ1n) is 4.63. The molecule has 76 valence electrons. The van der Waals surface area contributed by atoms with Crippen molar-refractivity contribution in [3.63, 3.8) is 0 Å². The molecule has 1 aromatic carbocycles. The van der Waals surface area contributed by atoms with Gasteiger partial charge in [-0.05, 0) is 11.0 Å². The van der Waals surface area contributed by atoms with Crippen molar-refractivity contribution < 1.29 is 0 Å². The van der Waals surface area contributed by atoms with Gasteiger partial charge in [-0.3, -0.25) is 0 Å². The van der Waals surface area contributed by atoms with Gasteiger partial charge in [0.1, 0.15) is 0 Å². The fourth-order valence-corrected chi connectivity index (χ4v) is 1.66. The number of benzene rings is 1. The van der Waals surface area contributed by atoms with E-state index in [0.29, 0.717) is 6.54 Å². The first kappa shape index (κ1) is 11.1. The van der Waals surface area contributed by atoms with Crippen molar-refractivity contribution in [2.45, 2.75) is 6.42 Å². The predicted octanol–water partition coefficient (Wildman–Crippen LogP) is 1.72. The van der Waals surface area contributed by atoms with Gasteiger partial charge in [-0.15, -0.1) is 11.8 Å². The smallest absolute Gasteiger partial charge is 0.0189 e. The molecule has 0 fully saturated rings. The lowest BCUT2D eigenvalue weighted by Gasteiger charge is -2.01. The van der Waals surface area contributed by atoms with Gasteiger partial charge in [0.15, 0.2) is 0 Å². The van der Waals surface area contributed by atoms with Gasteiger partial charge in [0.25, 0.3) is 0 Å². The third-order valence-electron chi connectivity index (χ3n) is 1.72. The van der Waals surface area contributed by atoms with Crippen LogP contribution >= 0.6 is 11.8 Å². The summed E-state index contributed by atoms with van der Waals surface area (Å²) in [5.74, 6) is 0.926. The molecule has 0 amide bonds. The maximum atomic E-state index is 5.85. The van der Waals surface area contributed by atoms with E-state index in [1.54, 1.807) is 11.8 Å². The lowest BCUT2D eigenvalue weighted by atomic mass is 10.1. The second kappa shape index (κ2) is 6.51. The molecular formula is C11H16N2S. The highest BCUT2D eigenvalue weighted by atomic mass is 32.2. The Bertz CT molecular complexity index is 283. The molecule has 0 atom stereocenters. The number of hydrogen-bond donors (Lipinski definition) is 2. The van der Waals surface area contributed by atoms with Gasteiger partial charge >= 0.3 is 0 Å². The van der Waals surface area contributed by atoms with Crippen LogP contribution in [0.1, 0.15) is 5.56 Å². The Morgan fingerprint density at radius 3 is 2.64 bits per heavy atom. The van der Waals surface area contributed by atoms with Crippen molar-refractivity contribution >= 4 is 11.8 Å². The van der Waals surface area contributed by atoms with E-state index in [4.69, 9.17) is 11.5 Å². The summed E-state index contributed by atoms with van der Waals surface area (Å²) in [5.41, 5.74) is 13.4. The fourth-order valence-electron chi connectivity index (χ4n) is 1.11. The molecular weight excluding hydrogens is 192 g/mol. The lowest BCUT2D eigenvalue weighted by Crippen LogP contribution is -2.03. The van der Waals surface area contributed by atoms with Crippen molar-refractivity contribution in [2.24, 2.45) is 11.5 Å². The van der Waals surface area contributed by atoms with Gasteiger partial charge in [0.05, 0.1) is 0 Å². The highest BCUT2D eigenvalue weighted by Crippen LogP contribution is 2.08. The van der Waals surface area contributed by atoms with E-state index in [-0.39, 0.29) is 0 Å². The maximum absolute atomic E-state index is 5.85. The number of thioether (sulfide) groups is 1. The van der Waals surface area contributed by atoms with E-state index in [9.17, 15) is 0 Å². The molecule has 14 heavy (non-hydrogen) atoms. The summed E-state index contributed by atoms with van der Waals surface area (Å²) < 4.78 is 0. The largest absolute Gasteiger partial charge is 0.401 e. The molecule has 0 heterocycles. The van der Waals surface area contributed by atoms with Crippen LogP contribution in [0.25, 0.3) is 0 Å². The van der Waals surface area contributed by atoms with Gasteiger partial charge in [-0.1, -0.05) is 30.3 Å². The maximum Gasteiger partial charge on any atom is 0.0189 e. The van der Waals surface area contributed by atoms with Crippen LogP contribution in [0.5, 0.6) is 0 Å². The second-order valence-corrected chi connectivity index (χ2v) is 3.99. The average Bonchev–Trinajstić information content (AvgIpc) is 2.20. The minimum atomic E-state index is 0.694. The first-order valence-corrected chi connectivity index (χ1v) is 5.68. The standard InChI is InChI=1S/C11H16N2S/c12-6-7-14-9-11(13)8-10-4-2-1-3-5-10/h1-5,9H,6-8,12-13H2/b11-9-. The van der Waals surface area contributed by atoms with Crippen LogP contribution < -0.4 is 11.5 Å². The lowest BCUT2D eigenvalue weighted by molar-refractivity contribution is 1.12. The van der Waals surface area contributed by atoms with Crippen LogP contribution in [0.15, 0.2) is 41.4 Å². The van der Waals surface area contributed by atoms with Crippen LogP contribution in [-0.2, 0) is 6.42 Å². The first-order chi connectivity index (χ1) is 6.83. The molecule has 0 aliphatic rings. The van der Waals surface area contributed by atoms with Gasteiger partial charge in [0.2, 0.25) is 0 Å². The number of hydrogen-bond acceptors (Lipinski definition) is 3. The topological polar surface area (TPSA) is 52.0 Å². The molecule has 2 nitrogen and oxygen atoms in total. The SMILES string of the molecule is NCCS/C=C(\N)Cc1ccccc1. The monoisotopic (exact) mass is 208 g/mol. The average molecular weight is 208 g/mol. The summed E-state index contributed by atoms with van der Waals surface area (Å²) in [7, 11) is 0. The molecule has 0 unspecified atom stereocenters. The number of rotatable bonds is 5. The molecule has 0 saturated heterocycles. The Hall–Kier alpha value is -0.930. The van der Waals surface area contributed by atoms with E-state index in [0.717, 1.165) is 17.9 Å². The normalized spacial score (nSPS) is 11.6. The number of nitrogens with two attached hydrogens (primary N) is 2. The molecule has 0 aliphatic carbocycles. The van der Waals surface area contributed by atoms with E-state index in [1.807, 2.05) is 23.6 Å². The highest BCUT2D eigenvalue weighted by molar-refractivity contribution is 8.02. The zero-order valence-corrected chi connectivity index (χ0v) is 8.96. The van der Waals surface area contributed by atoms with E-state index < -0.39 is 0 Å². The zero-order valence-electron chi connectivity index (χ0n) is 8.15. The summed E-state index contributed by atoms with van der Waals surface area (Å²) in [6, 6.07) is 10.2. The Morgan fingerprint density at radius 1 is 1.29 bits per heavy atom. The quantitative estimate of drug-likeness (QED) is 0.724. The molecule has 4 N–H and O–H groups in total. The minimum Gasteiger partial charge on any atom is -0.401 e. The van der Waals surface area contributed by atoms with Gasteiger partial charge in [-0.2, -0.15) is 0 Å². The Kier molecular flexibility index (Phi) is 5.19. The molecule has 1 aromatic rings. The van der Waals surface area contributed by atoms with Crippen LogP contribution in [-0.4, -0.2) is 12.3 Å². The Morgan fingerprint density at radius 2 is 2.00 bits per heavy atom. The summed E-state index contributed by atoms with van der Waals surface area (Å²) in [6.45, 7) is 0.694. The summed E-state index contributed by atoms with van der Waals surface area (Å²) in [4.78, 5) is 0. The van der Waals surface area contributed by atoms with E-state index >= 15 is 0 Å².